The van der Waals surface area contributed by atoms with Crippen LogP contribution >= 0.6 is 11.8 Å². The van der Waals surface area contributed by atoms with E-state index in [2.05, 4.69) is 16.4 Å². The van der Waals surface area contributed by atoms with E-state index in [9.17, 15) is 10.1 Å². The van der Waals surface area contributed by atoms with Crippen molar-refractivity contribution in [3.05, 3.63) is 47.2 Å². The van der Waals surface area contributed by atoms with Gasteiger partial charge in [-0.3, -0.25) is 4.79 Å². The third-order valence-electron chi connectivity index (χ3n) is 3.40. The molecule has 0 fully saturated rings. The van der Waals surface area contributed by atoms with Gasteiger partial charge in [-0.2, -0.15) is 5.26 Å². The summed E-state index contributed by atoms with van der Waals surface area (Å²) >= 11 is 1.24. The minimum Gasteiger partial charge on any atom is -0.494 e. The molecule has 0 aliphatic rings. The second-order valence-corrected chi connectivity index (χ2v) is 6.41. The molecule has 6 nitrogen and oxygen atoms in total. The lowest BCUT2D eigenvalue weighted by molar-refractivity contribution is -0.113. The predicted octanol–water partition coefficient (Wildman–Crippen LogP) is 3.54. The Morgan fingerprint density at radius 1 is 1.35 bits per heavy atom. The number of carbonyl (C=O) groups is 1. The van der Waals surface area contributed by atoms with Crippen LogP contribution in [-0.2, 0) is 16.1 Å². The van der Waals surface area contributed by atoms with E-state index < -0.39 is 0 Å². The van der Waals surface area contributed by atoms with E-state index in [0.717, 1.165) is 17.0 Å². The molecule has 26 heavy (non-hydrogen) atoms. The molecule has 0 atom stereocenters. The zero-order chi connectivity index (χ0) is 18.9. The summed E-state index contributed by atoms with van der Waals surface area (Å²) in [6, 6.07) is 11.2. The topological polar surface area (TPSA) is 84.2 Å². The lowest BCUT2D eigenvalue weighted by Gasteiger charge is -2.10. The first-order valence-electron chi connectivity index (χ1n) is 8.12. The molecule has 0 aliphatic carbocycles. The Bertz CT molecular complexity index is 801. The van der Waals surface area contributed by atoms with Crippen LogP contribution in [-0.4, -0.2) is 30.4 Å². The maximum atomic E-state index is 12.2. The van der Waals surface area contributed by atoms with Gasteiger partial charge in [0, 0.05) is 18.5 Å². The van der Waals surface area contributed by atoms with Crippen molar-refractivity contribution >= 4 is 23.4 Å². The lowest BCUT2D eigenvalue weighted by Crippen LogP contribution is -2.14. The number of pyridine rings is 1. The van der Waals surface area contributed by atoms with Crippen molar-refractivity contribution < 1.29 is 14.3 Å². The number of anilines is 1. The van der Waals surface area contributed by atoms with Crippen molar-refractivity contribution in [2.45, 2.75) is 25.5 Å². The van der Waals surface area contributed by atoms with Crippen molar-refractivity contribution in [2.75, 3.05) is 24.8 Å². The molecule has 1 aromatic carbocycles. The maximum Gasteiger partial charge on any atom is 0.234 e. The standard InChI is InChI=1S/C19H21N3O3S/c1-4-25-16-7-5-15(6-8-16)22-18(23)12-26-19-17(10-20)14(11-24-3)9-13(2)21-19/h5-9H,4,11-12H2,1-3H3,(H,22,23). The monoisotopic (exact) mass is 371 g/mol. The largest absolute Gasteiger partial charge is 0.494 e. The van der Waals surface area contributed by atoms with E-state index in [1.54, 1.807) is 31.4 Å². The quantitative estimate of drug-likeness (QED) is 0.715. The minimum atomic E-state index is -0.167. The molecule has 0 radical (unpaired) electrons. The minimum absolute atomic E-state index is 0.158. The summed E-state index contributed by atoms with van der Waals surface area (Å²) in [5, 5.41) is 12.8. The maximum absolute atomic E-state index is 12.2. The summed E-state index contributed by atoms with van der Waals surface area (Å²) in [4.78, 5) is 16.6. The Morgan fingerprint density at radius 3 is 2.69 bits per heavy atom. The van der Waals surface area contributed by atoms with Crippen molar-refractivity contribution in [3.63, 3.8) is 0 Å². The molecule has 0 saturated heterocycles. The van der Waals surface area contributed by atoms with Crippen LogP contribution in [0.2, 0.25) is 0 Å². The third kappa shape index (κ3) is 5.48. The average molecular weight is 371 g/mol. The number of aryl methyl sites for hydroxylation is 1. The second kappa shape index (κ2) is 9.80. The molecule has 1 N–H and O–H groups in total. The van der Waals surface area contributed by atoms with E-state index in [1.165, 1.54) is 11.8 Å². The summed E-state index contributed by atoms with van der Waals surface area (Å²) < 4.78 is 10.5. The van der Waals surface area contributed by atoms with Crippen LogP contribution in [0.25, 0.3) is 0 Å². The van der Waals surface area contributed by atoms with Gasteiger partial charge in [0.25, 0.3) is 0 Å². The van der Waals surface area contributed by atoms with Crippen molar-refractivity contribution in [1.29, 1.82) is 5.26 Å². The number of hydrogen-bond donors (Lipinski definition) is 1. The molecule has 0 aliphatic heterocycles. The fourth-order valence-electron chi connectivity index (χ4n) is 2.34. The number of rotatable bonds is 8. The average Bonchev–Trinajstić information content (AvgIpc) is 2.62. The molecular weight excluding hydrogens is 350 g/mol. The molecule has 0 bridgehead atoms. The van der Waals surface area contributed by atoms with Crippen LogP contribution in [0.1, 0.15) is 23.7 Å². The van der Waals surface area contributed by atoms with Gasteiger partial charge in [0.05, 0.1) is 24.5 Å². The Kier molecular flexibility index (Phi) is 7.45. The number of amides is 1. The zero-order valence-corrected chi connectivity index (χ0v) is 15.9. The second-order valence-electron chi connectivity index (χ2n) is 5.44. The number of benzene rings is 1. The number of hydrogen-bond acceptors (Lipinski definition) is 6. The molecule has 1 heterocycles. The van der Waals surface area contributed by atoms with E-state index in [-0.39, 0.29) is 11.7 Å². The number of aromatic nitrogens is 1. The fraction of sp³-hybridized carbons (Fsp3) is 0.316. The third-order valence-corrected chi connectivity index (χ3v) is 4.37. The first-order chi connectivity index (χ1) is 12.6. The van der Waals surface area contributed by atoms with Crippen LogP contribution < -0.4 is 10.1 Å². The van der Waals surface area contributed by atoms with Crippen molar-refractivity contribution in [2.24, 2.45) is 0 Å². The molecule has 7 heteroatoms. The van der Waals surface area contributed by atoms with Gasteiger partial charge in [-0.1, -0.05) is 11.8 Å². The molecule has 136 valence electrons. The number of nitrogens with zero attached hydrogens (tertiary/aromatic N) is 2. The van der Waals surface area contributed by atoms with Crippen LogP contribution in [0.15, 0.2) is 35.4 Å². The Balaban J connectivity index is 2.01. The highest BCUT2D eigenvalue weighted by Crippen LogP contribution is 2.25. The highest BCUT2D eigenvalue weighted by Gasteiger charge is 2.14. The Labute approximate surface area is 157 Å². The van der Waals surface area contributed by atoms with Crippen molar-refractivity contribution in [3.8, 4) is 11.8 Å². The van der Waals surface area contributed by atoms with Gasteiger partial charge in [-0.15, -0.1) is 0 Å². The summed E-state index contributed by atoms with van der Waals surface area (Å²) in [5.74, 6) is 0.748. The van der Waals surface area contributed by atoms with Crippen LogP contribution in [0, 0.1) is 18.3 Å². The van der Waals surface area contributed by atoms with Gasteiger partial charge in [-0.05, 0) is 49.7 Å². The van der Waals surface area contributed by atoms with Gasteiger partial charge in [0.2, 0.25) is 5.91 Å². The van der Waals surface area contributed by atoms with E-state index in [0.29, 0.717) is 29.5 Å². The van der Waals surface area contributed by atoms with Crippen LogP contribution in [0.3, 0.4) is 0 Å². The van der Waals surface area contributed by atoms with Gasteiger partial charge in [0.15, 0.2) is 0 Å². The number of thioether (sulfide) groups is 1. The smallest absolute Gasteiger partial charge is 0.234 e. The highest BCUT2D eigenvalue weighted by molar-refractivity contribution is 8.00. The Morgan fingerprint density at radius 2 is 2.08 bits per heavy atom. The summed E-state index contributed by atoms with van der Waals surface area (Å²) in [5.41, 5.74) is 2.70. The van der Waals surface area contributed by atoms with E-state index >= 15 is 0 Å². The first kappa shape index (κ1) is 19.8. The predicted molar refractivity (Wildman–Crippen MR) is 101 cm³/mol. The molecule has 2 aromatic rings. The normalized spacial score (nSPS) is 10.2. The van der Waals surface area contributed by atoms with E-state index in [1.807, 2.05) is 19.9 Å². The number of carbonyl (C=O) groups excluding carboxylic acids is 1. The summed E-state index contributed by atoms with van der Waals surface area (Å²) in [6.07, 6.45) is 0. The Hall–Kier alpha value is -2.56. The number of nitrogens with one attached hydrogen (secondary N) is 1. The zero-order valence-electron chi connectivity index (χ0n) is 15.0. The van der Waals surface area contributed by atoms with Gasteiger partial charge < -0.3 is 14.8 Å². The number of methoxy groups -OCH3 is 1. The summed E-state index contributed by atoms with van der Waals surface area (Å²) in [6.45, 7) is 4.69. The number of ether oxygens (including phenoxy) is 2. The van der Waals surface area contributed by atoms with Gasteiger partial charge >= 0.3 is 0 Å². The highest BCUT2D eigenvalue weighted by atomic mass is 32.2. The van der Waals surface area contributed by atoms with Crippen LogP contribution in [0.5, 0.6) is 5.75 Å². The molecule has 0 spiro atoms. The molecular formula is C19H21N3O3S. The lowest BCUT2D eigenvalue weighted by atomic mass is 10.1. The van der Waals surface area contributed by atoms with E-state index in [4.69, 9.17) is 9.47 Å². The molecule has 1 amide bonds. The van der Waals surface area contributed by atoms with Crippen LogP contribution in [0.4, 0.5) is 5.69 Å². The van der Waals surface area contributed by atoms with Gasteiger partial charge in [-0.25, -0.2) is 4.98 Å². The first-order valence-corrected chi connectivity index (χ1v) is 9.11. The van der Waals surface area contributed by atoms with Gasteiger partial charge in [0.1, 0.15) is 16.8 Å². The molecule has 1 aromatic heterocycles. The SMILES string of the molecule is CCOc1ccc(NC(=O)CSc2nc(C)cc(COC)c2C#N)cc1. The number of nitriles is 1. The molecule has 0 unspecified atom stereocenters. The fourth-order valence-corrected chi connectivity index (χ4v) is 3.21. The summed E-state index contributed by atoms with van der Waals surface area (Å²) in [7, 11) is 1.58. The van der Waals surface area contributed by atoms with Crippen molar-refractivity contribution in [1.82, 2.24) is 4.98 Å². The molecule has 0 saturated carbocycles. The molecule has 2 rings (SSSR count).